The molecule has 1 aromatic carbocycles. The van der Waals surface area contributed by atoms with Crippen LogP contribution < -0.4 is 28.6 Å². The van der Waals surface area contributed by atoms with Crippen molar-refractivity contribution in [1.82, 2.24) is 4.58 Å². The number of hydrogen-bond donors (Lipinski definition) is 0. The molecule has 0 spiro atoms. The Morgan fingerprint density at radius 1 is 0.696 bits per heavy atom. The van der Waals surface area contributed by atoms with E-state index in [1.54, 1.807) is 16.5 Å². The van der Waals surface area contributed by atoms with Crippen LogP contribution in [0.5, 0.6) is 0 Å². The van der Waals surface area contributed by atoms with Crippen LogP contribution in [0.1, 0.15) is 80.4 Å². The van der Waals surface area contributed by atoms with Crippen LogP contribution in [0.4, 0.5) is 0 Å². The van der Waals surface area contributed by atoms with Gasteiger partial charge in [0.2, 0.25) is 5.36 Å². The first-order valence-electron chi connectivity index (χ1n) is 7.92. The molecule has 1 rings (SSSR count). The first kappa shape index (κ1) is 22.5. The lowest BCUT2D eigenvalue weighted by Crippen LogP contribution is -2.68. The van der Waals surface area contributed by atoms with Crippen molar-refractivity contribution in [1.29, 1.82) is 0 Å². The van der Waals surface area contributed by atoms with E-state index >= 15 is 0 Å². The second-order valence-electron chi connectivity index (χ2n) is 8.57. The largest absolute Gasteiger partial charge is 0.225 e. The molecule has 0 unspecified atom stereocenters. The van der Waals surface area contributed by atoms with Crippen LogP contribution in [0.15, 0.2) is 0 Å². The van der Waals surface area contributed by atoms with Crippen molar-refractivity contribution < 1.29 is 28.9 Å². The molecule has 0 aromatic heterocycles. The molecule has 0 radical (unpaired) electrons. The van der Waals surface area contributed by atoms with Gasteiger partial charge in [0.15, 0.2) is 0 Å². The smallest absolute Gasteiger partial charge is 0.208 e. The molecule has 0 bridgehead atoms. The van der Waals surface area contributed by atoms with Gasteiger partial charge in [0, 0.05) is 11.1 Å². The van der Waals surface area contributed by atoms with Gasteiger partial charge in [-0.2, -0.15) is 0 Å². The van der Waals surface area contributed by atoms with E-state index in [2.05, 4.69) is 73.8 Å². The van der Waals surface area contributed by atoms with Crippen molar-refractivity contribution in [2.75, 3.05) is 0 Å². The molecule has 23 heavy (non-hydrogen) atoms. The molecule has 136 valence electrons. The van der Waals surface area contributed by atoms with E-state index in [1.807, 2.05) is 0 Å². The third-order valence-electron chi connectivity index (χ3n) is 3.53. The fourth-order valence-electron chi connectivity index (χ4n) is 3.01. The molecule has 1 aromatic rings. The van der Waals surface area contributed by atoms with Gasteiger partial charge < -0.3 is 0 Å². The molecule has 0 heterocycles. The highest BCUT2D eigenvalue weighted by atomic mass is 35.7. The van der Waals surface area contributed by atoms with Crippen molar-refractivity contribution >= 4 is 0 Å². The first-order valence-corrected chi connectivity index (χ1v) is 9.15. The third-order valence-corrected chi connectivity index (χ3v) is 3.53. The number of rotatable bonds is 2. The second-order valence-corrected chi connectivity index (χ2v) is 9.33. The van der Waals surface area contributed by atoms with E-state index in [-0.39, 0.29) is 10.8 Å². The summed E-state index contributed by atoms with van der Waals surface area (Å²) in [7, 11) is -4.94. The summed E-state index contributed by atoms with van der Waals surface area (Å²) in [5, 5.41) is 1.54. The molecule has 0 amide bonds. The molecule has 0 atom stereocenters. The average Bonchev–Trinajstić information content (AvgIpc) is 2.86. The minimum atomic E-state index is -4.94. The zero-order valence-corrected chi connectivity index (χ0v) is 16.9. The summed E-state index contributed by atoms with van der Waals surface area (Å²) in [6.45, 7) is 23.2. The predicted octanol–water partition coefficient (Wildman–Crippen LogP) is -1.01. The minimum Gasteiger partial charge on any atom is -0.225 e. The fourth-order valence-corrected chi connectivity index (χ4v) is 3.01. The van der Waals surface area contributed by atoms with E-state index in [1.165, 1.54) is 0 Å². The Hall–Kier alpha value is -0.460. The summed E-state index contributed by atoms with van der Waals surface area (Å²) >= 11 is 0. The van der Waals surface area contributed by atoms with Crippen LogP contribution in [-0.2, 0) is 10.8 Å². The molecule has 6 heteroatoms. The van der Waals surface area contributed by atoms with Gasteiger partial charge in [0.05, 0.1) is 0 Å². The van der Waals surface area contributed by atoms with Crippen LogP contribution in [0, 0.1) is 10.2 Å². The molecule has 0 saturated heterocycles. The Morgan fingerprint density at radius 2 is 0.913 bits per heavy atom. The van der Waals surface area contributed by atoms with Crippen LogP contribution >= 0.6 is 0 Å². The van der Waals surface area contributed by atoms with E-state index < -0.39 is 10.2 Å². The van der Waals surface area contributed by atoms with Gasteiger partial charge in [-0.15, -0.1) is 10.2 Å². The van der Waals surface area contributed by atoms with Crippen LogP contribution in [0.2, 0.25) is 0 Å². The Balaban J connectivity index is 0.000000841. The highest BCUT2D eigenvalue weighted by Crippen LogP contribution is 2.35. The predicted molar refractivity (Wildman–Crippen MR) is 81.8 cm³/mol. The number of halogens is 1. The second kappa shape index (κ2) is 7.19. The van der Waals surface area contributed by atoms with E-state index in [4.69, 9.17) is 18.6 Å². The van der Waals surface area contributed by atoms with Crippen LogP contribution in [0.25, 0.3) is 0 Å². The summed E-state index contributed by atoms with van der Waals surface area (Å²) in [6, 6.07) is 1.13. The lowest BCUT2D eigenvalue weighted by Gasteiger charge is -2.17. The normalized spacial score (nSPS) is 13.6. The summed E-state index contributed by atoms with van der Waals surface area (Å²) in [6.07, 6.45) is 0. The van der Waals surface area contributed by atoms with Crippen molar-refractivity contribution in [3.63, 3.8) is 0 Å². The molecule has 0 aliphatic rings. The first-order chi connectivity index (χ1) is 9.89. The maximum Gasteiger partial charge on any atom is 0.208 e. The molecular weight excluding hydrogens is 318 g/mol. The summed E-state index contributed by atoms with van der Waals surface area (Å²) in [4.78, 5) is 0. The molecule has 0 aliphatic heterocycles. The molecule has 0 N–H and O–H groups in total. The van der Waals surface area contributed by atoms with Gasteiger partial charge >= 0.3 is 0 Å². The topological polar surface area (TPSA) is 95.2 Å². The van der Waals surface area contributed by atoms with Gasteiger partial charge in [-0.05, 0) is 38.5 Å². The standard InChI is InChI=1S/C17H32N.ClHO4/c1-11(2)18(12(3)4)15-13(16(5,6)7)14(15)17(8,9)10;2-1(3,4)5/h11-12H,1-10H3;(H,2,3,4,5)/q+1;/p-1. The Bertz CT molecular complexity index is 488. The SMILES string of the molecule is CC(C)[N+](=c1c(C(C)(C)C)c1C(C)(C)C)C(C)C.[O-][Cl+3]([O-])([O-])[O-]. The van der Waals surface area contributed by atoms with Gasteiger partial charge in [-0.3, -0.25) is 0 Å². The summed E-state index contributed by atoms with van der Waals surface area (Å²) < 4.78 is 36.6. The van der Waals surface area contributed by atoms with Crippen molar-refractivity contribution in [2.24, 2.45) is 0 Å². The van der Waals surface area contributed by atoms with E-state index in [0.29, 0.717) is 12.1 Å². The summed E-state index contributed by atoms with van der Waals surface area (Å²) in [5.74, 6) is 0. The minimum absolute atomic E-state index is 0.264. The van der Waals surface area contributed by atoms with Gasteiger partial charge in [-0.25, -0.2) is 23.2 Å². The number of nitrogens with zero attached hydrogens (tertiary/aromatic N) is 1. The van der Waals surface area contributed by atoms with Crippen LogP contribution in [0.3, 0.4) is 0 Å². The zero-order valence-electron chi connectivity index (χ0n) is 16.1. The highest BCUT2D eigenvalue weighted by molar-refractivity contribution is 5.48. The Kier molecular flexibility index (Phi) is 7.05. The quantitative estimate of drug-likeness (QED) is 0.639. The molecule has 5 nitrogen and oxygen atoms in total. The Morgan fingerprint density at radius 3 is 1.04 bits per heavy atom. The van der Waals surface area contributed by atoms with Crippen molar-refractivity contribution in [2.45, 2.75) is 92.2 Å². The molecule has 0 aliphatic carbocycles. The third kappa shape index (κ3) is 7.31. The maximum absolute atomic E-state index is 8.49. The van der Waals surface area contributed by atoms with E-state index in [0.717, 1.165) is 0 Å². The lowest BCUT2D eigenvalue weighted by atomic mass is 9.86. The average molecular weight is 350 g/mol. The lowest BCUT2D eigenvalue weighted by molar-refractivity contribution is -2.00. The molecule has 0 saturated carbocycles. The zero-order chi connectivity index (χ0) is 19.0. The van der Waals surface area contributed by atoms with Gasteiger partial charge in [0.25, 0.3) is 0 Å². The summed E-state index contributed by atoms with van der Waals surface area (Å²) in [5.41, 5.74) is 3.72. The highest BCUT2D eigenvalue weighted by Gasteiger charge is 2.43. The van der Waals surface area contributed by atoms with E-state index in [9.17, 15) is 0 Å². The van der Waals surface area contributed by atoms with Gasteiger partial charge in [-0.1, -0.05) is 41.5 Å². The monoisotopic (exact) mass is 349 g/mol. The maximum atomic E-state index is 8.49. The van der Waals surface area contributed by atoms with Crippen LogP contribution in [-0.4, -0.2) is 12.1 Å². The molecular formula is C17H32ClNO4. The van der Waals surface area contributed by atoms with Crippen molar-refractivity contribution in [3.05, 3.63) is 16.5 Å². The Labute approximate surface area is 142 Å². The van der Waals surface area contributed by atoms with Gasteiger partial charge in [0.1, 0.15) is 12.1 Å². The van der Waals surface area contributed by atoms with Crippen molar-refractivity contribution in [3.8, 4) is 0 Å². The molecule has 0 fully saturated rings. The number of hydrogen-bond acceptors (Lipinski definition) is 4. The fraction of sp³-hybridized carbons (Fsp3) is 0.824.